The normalized spacial score (nSPS) is 23.0. The van der Waals surface area contributed by atoms with Crippen LogP contribution in [0.15, 0.2) is 28.3 Å². The maximum absolute atomic E-state index is 14.0. The van der Waals surface area contributed by atoms with E-state index in [0.717, 1.165) is 31.2 Å². The summed E-state index contributed by atoms with van der Waals surface area (Å²) in [6, 6.07) is 1.87. The molecule has 0 aromatic carbocycles. The summed E-state index contributed by atoms with van der Waals surface area (Å²) in [5, 5.41) is 0. The van der Waals surface area contributed by atoms with Gasteiger partial charge >= 0.3 is 6.18 Å². The second-order valence-corrected chi connectivity index (χ2v) is 7.13. The summed E-state index contributed by atoms with van der Waals surface area (Å²) < 4.78 is 51.8. The standard InChI is InChI=1S/C18H17F4N5O2/c19-13-14(10-1-2-10)24-17(25-15(13)28)27-7-5-26(6-8-27)16(29)11-3-4-12(23-9-11)18(20,21)22/h3-4,9-10,13H,1-2,5-8H2. The summed E-state index contributed by atoms with van der Waals surface area (Å²) in [5.41, 5.74) is -0.769. The number of aromatic nitrogens is 1. The topological polar surface area (TPSA) is 78.2 Å². The molecule has 29 heavy (non-hydrogen) atoms. The number of carbonyl (C=O) groups is 2. The molecule has 1 aromatic heterocycles. The number of pyridine rings is 1. The molecular formula is C18H17F4N5O2. The minimum atomic E-state index is -4.57. The van der Waals surface area contributed by atoms with Crippen molar-refractivity contribution in [3.63, 3.8) is 0 Å². The molecule has 1 unspecified atom stereocenters. The highest BCUT2D eigenvalue weighted by molar-refractivity contribution is 6.18. The fourth-order valence-corrected chi connectivity index (χ4v) is 3.28. The number of hydrogen-bond acceptors (Lipinski definition) is 5. The highest BCUT2D eigenvalue weighted by Crippen LogP contribution is 2.34. The number of alkyl halides is 4. The average Bonchev–Trinajstić information content (AvgIpc) is 3.54. The monoisotopic (exact) mass is 411 g/mol. The molecular weight excluding hydrogens is 394 g/mol. The van der Waals surface area contributed by atoms with Gasteiger partial charge in [-0.1, -0.05) is 0 Å². The van der Waals surface area contributed by atoms with Gasteiger partial charge in [0, 0.05) is 38.3 Å². The number of nitrogens with zero attached hydrogens (tertiary/aromatic N) is 5. The van der Waals surface area contributed by atoms with E-state index in [4.69, 9.17) is 0 Å². The van der Waals surface area contributed by atoms with Crippen molar-refractivity contribution in [1.29, 1.82) is 0 Å². The molecule has 0 bridgehead atoms. The van der Waals surface area contributed by atoms with E-state index in [1.165, 1.54) is 4.90 Å². The van der Waals surface area contributed by atoms with Crippen molar-refractivity contribution in [1.82, 2.24) is 14.8 Å². The molecule has 0 radical (unpaired) electrons. The van der Waals surface area contributed by atoms with Crippen molar-refractivity contribution in [3.05, 3.63) is 29.6 Å². The van der Waals surface area contributed by atoms with Gasteiger partial charge < -0.3 is 9.80 Å². The number of amides is 2. The molecule has 1 saturated carbocycles. The molecule has 154 valence electrons. The number of aliphatic imine (C=N–C) groups is 2. The third-order valence-corrected chi connectivity index (χ3v) is 5.06. The fraction of sp³-hybridized carbons (Fsp3) is 0.500. The molecule has 2 aliphatic heterocycles. The Morgan fingerprint density at radius 2 is 1.76 bits per heavy atom. The number of hydrogen-bond donors (Lipinski definition) is 0. The average molecular weight is 411 g/mol. The second kappa shape index (κ2) is 7.20. The van der Waals surface area contributed by atoms with Crippen LogP contribution in [-0.4, -0.2) is 70.6 Å². The van der Waals surface area contributed by atoms with Gasteiger partial charge in [0.05, 0.1) is 11.3 Å². The summed E-state index contributed by atoms with van der Waals surface area (Å²) in [7, 11) is 0. The SMILES string of the molecule is O=C1N=C(N2CCN(C(=O)c3ccc(C(F)(F)F)nc3)CC2)N=C(C2CC2)C1F. The lowest BCUT2D eigenvalue weighted by molar-refractivity contribution is -0.141. The summed E-state index contributed by atoms with van der Waals surface area (Å²) in [6.07, 6.45) is -3.81. The van der Waals surface area contributed by atoms with E-state index in [1.807, 2.05) is 0 Å². The van der Waals surface area contributed by atoms with E-state index in [1.54, 1.807) is 4.90 Å². The summed E-state index contributed by atoms with van der Waals surface area (Å²) in [4.78, 5) is 38.8. The van der Waals surface area contributed by atoms with Crippen molar-refractivity contribution in [2.24, 2.45) is 15.9 Å². The van der Waals surface area contributed by atoms with Crippen molar-refractivity contribution >= 4 is 23.5 Å². The number of guanidine groups is 1. The Kier molecular flexibility index (Phi) is 4.83. The van der Waals surface area contributed by atoms with Crippen LogP contribution >= 0.6 is 0 Å². The molecule has 7 nitrogen and oxygen atoms in total. The molecule has 2 fully saturated rings. The van der Waals surface area contributed by atoms with Crippen LogP contribution in [0.5, 0.6) is 0 Å². The molecule has 1 aliphatic carbocycles. The van der Waals surface area contributed by atoms with Crippen molar-refractivity contribution in [2.75, 3.05) is 26.2 Å². The van der Waals surface area contributed by atoms with Crippen LogP contribution in [0.3, 0.4) is 0 Å². The Bertz CT molecular complexity index is 885. The first-order valence-electron chi connectivity index (χ1n) is 9.16. The Labute approximate surface area is 163 Å². The van der Waals surface area contributed by atoms with Crippen molar-refractivity contribution in [3.8, 4) is 0 Å². The highest BCUT2D eigenvalue weighted by Gasteiger charge is 2.40. The first kappa shape index (κ1) is 19.5. The van der Waals surface area contributed by atoms with Gasteiger partial charge in [0.15, 0.2) is 0 Å². The van der Waals surface area contributed by atoms with Gasteiger partial charge in [-0.15, -0.1) is 0 Å². The van der Waals surface area contributed by atoms with E-state index < -0.39 is 29.9 Å². The van der Waals surface area contributed by atoms with E-state index in [9.17, 15) is 27.2 Å². The minimum absolute atomic E-state index is 0.00510. The molecule has 1 aromatic rings. The van der Waals surface area contributed by atoms with Crippen LogP contribution in [0.1, 0.15) is 28.9 Å². The zero-order valence-corrected chi connectivity index (χ0v) is 15.2. The highest BCUT2D eigenvalue weighted by atomic mass is 19.4. The maximum atomic E-state index is 14.0. The largest absolute Gasteiger partial charge is 0.433 e. The lowest BCUT2D eigenvalue weighted by Gasteiger charge is -2.36. The molecule has 3 aliphatic rings. The van der Waals surface area contributed by atoms with E-state index in [0.29, 0.717) is 13.1 Å². The van der Waals surface area contributed by atoms with Gasteiger partial charge in [-0.3, -0.25) is 14.6 Å². The van der Waals surface area contributed by atoms with Crippen LogP contribution in [0.25, 0.3) is 0 Å². The molecule has 0 spiro atoms. The summed E-state index contributed by atoms with van der Waals surface area (Å²) in [5.74, 6) is -1.13. The number of rotatable bonds is 2. The molecule has 4 rings (SSSR count). The number of halogens is 4. The fourth-order valence-electron chi connectivity index (χ4n) is 3.28. The molecule has 2 amide bonds. The van der Waals surface area contributed by atoms with Crippen LogP contribution in [0.4, 0.5) is 17.6 Å². The van der Waals surface area contributed by atoms with Gasteiger partial charge in [0.1, 0.15) is 5.69 Å². The molecule has 3 heterocycles. The van der Waals surface area contributed by atoms with E-state index in [-0.39, 0.29) is 36.2 Å². The summed E-state index contributed by atoms with van der Waals surface area (Å²) >= 11 is 0. The first-order valence-corrected chi connectivity index (χ1v) is 9.16. The molecule has 0 N–H and O–H groups in total. The van der Waals surface area contributed by atoms with Crippen molar-refractivity contribution < 1.29 is 27.2 Å². The Balaban J connectivity index is 1.40. The second-order valence-electron chi connectivity index (χ2n) is 7.13. The lowest BCUT2D eigenvalue weighted by atomic mass is 10.1. The smallest absolute Gasteiger partial charge is 0.337 e. The van der Waals surface area contributed by atoms with Gasteiger partial charge in [-0.05, 0) is 25.0 Å². The Hall–Kier alpha value is -2.85. The minimum Gasteiger partial charge on any atom is -0.337 e. The number of piperazine rings is 1. The third kappa shape index (κ3) is 3.99. The van der Waals surface area contributed by atoms with Gasteiger partial charge in [-0.2, -0.15) is 18.2 Å². The zero-order chi connectivity index (χ0) is 20.8. The summed E-state index contributed by atoms with van der Waals surface area (Å²) in [6.45, 7) is 1.18. The zero-order valence-electron chi connectivity index (χ0n) is 15.2. The predicted octanol–water partition coefficient (Wildman–Crippen LogP) is 1.94. The Morgan fingerprint density at radius 1 is 1.07 bits per heavy atom. The maximum Gasteiger partial charge on any atom is 0.433 e. The van der Waals surface area contributed by atoms with Crippen LogP contribution in [-0.2, 0) is 11.0 Å². The number of carbonyl (C=O) groups excluding carboxylic acids is 2. The third-order valence-electron chi connectivity index (χ3n) is 5.06. The van der Waals surface area contributed by atoms with Crippen LogP contribution in [0, 0.1) is 5.92 Å². The van der Waals surface area contributed by atoms with E-state index >= 15 is 0 Å². The first-order chi connectivity index (χ1) is 13.7. The predicted molar refractivity (Wildman–Crippen MR) is 94.2 cm³/mol. The van der Waals surface area contributed by atoms with Gasteiger partial charge in [0.25, 0.3) is 11.8 Å². The van der Waals surface area contributed by atoms with Crippen LogP contribution in [0.2, 0.25) is 0 Å². The van der Waals surface area contributed by atoms with Crippen molar-refractivity contribution in [2.45, 2.75) is 25.2 Å². The van der Waals surface area contributed by atoms with Gasteiger partial charge in [-0.25, -0.2) is 9.38 Å². The molecule has 1 atom stereocenters. The lowest BCUT2D eigenvalue weighted by Crippen LogP contribution is -2.51. The molecule has 1 saturated heterocycles. The molecule has 11 heteroatoms. The van der Waals surface area contributed by atoms with Gasteiger partial charge in [0.2, 0.25) is 12.1 Å². The Morgan fingerprint density at radius 3 is 2.31 bits per heavy atom. The van der Waals surface area contributed by atoms with Crippen LogP contribution < -0.4 is 0 Å². The quantitative estimate of drug-likeness (QED) is 0.697. The van der Waals surface area contributed by atoms with E-state index in [2.05, 4.69) is 15.0 Å².